The second-order valence-electron chi connectivity index (χ2n) is 5.60. The molecule has 0 spiro atoms. The van der Waals surface area contributed by atoms with Crippen molar-refractivity contribution >= 4 is 11.6 Å². The van der Waals surface area contributed by atoms with Crippen LogP contribution in [-0.2, 0) is 6.54 Å². The van der Waals surface area contributed by atoms with Gasteiger partial charge in [0.2, 0.25) is 0 Å². The third-order valence-corrected chi connectivity index (χ3v) is 4.19. The van der Waals surface area contributed by atoms with Crippen molar-refractivity contribution in [2.24, 2.45) is 0 Å². The van der Waals surface area contributed by atoms with Crippen molar-refractivity contribution < 1.29 is 5.11 Å². The molecule has 1 aliphatic rings. The zero-order valence-corrected chi connectivity index (χ0v) is 12.1. The van der Waals surface area contributed by atoms with Gasteiger partial charge in [-0.15, -0.1) is 0 Å². The van der Waals surface area contributed by atoms with Crippen molar-refractivity contribution in [3.8, 4) is 0 Å². The largest absolute Gasteiger partial charge is 0.394 e. The lowest BCUT2D eigenvalue weighted by Gasteiger charge is -2.29. The minimum Gasteiger partial charge on any atom is -0.394 e. The molecule has 1 aromatic rings. The van der Waals surface area contributed by atoms with E-state index in [2.05, 4.69) is 17.3 Å². The number of aromatic nitrogens is 2. The number of hydrogen-bond donors (Lipinski definition) is 2. The van der Waals surface area contributed by atoms with Crippen LogP contribution in [-0.4, -0.2) is 33.1 Å². The standard InChI is InChI=1S/C13H22ClN3O/c1-9-12(14)10(2)17(16-9)7-6-13(3,8-18)15-11-4-5-11/h11,15,18H,4-8H2,1-3H3. The topological polar surface area (TPSA) is 50.1 Å². The van der Waals surface area contributed by atoms with E-state index < -0.39 is 0 Å². The van der Waals surface area contributed by atoms with E-state index in [-0.39, 0.29) is 12.1 Å². The highest BCUT2D eigenvalue weighted by atomic mass is 35.5. The molecule has 4 nitrogen and oxygen atoms in total. The molecule has 1 aliphatic carbocycles. The fourth-order valence-corrected chi connectivity index (χ4v) is 2.30. The average Bonchev–Trinajstić information content (AvgIpc) is 3.11. The number of rotatable bonds is 6. The Morgan fingerprint density at radius 2 is 2.17 bits per heavy atom. The number of aryl methyl sites for hydroxylation is 2. The Kier molecular flexibility index (Phi) is 3.99. The molecule has 102 valence electrons. The molecule has 0 bridgehead atoms. The van der Waals surface area contributed by atoms with Crippen molar-refractivity contribution in [1.82, 2.24) is 15.1 Å². The van der Waals surface area contributed by atoms with E-state index in [4.69, 9.17) is 11.6 Å². The minimum atomic E-state index is -0.222. The zero-order chi connectivity index (χ0) is 13.3. The fraction of sp³-hybridized carbons (Fsp3) is 0.769. The van der Waals surface area contributed by atoms with Crippen LogP contribution in [0.5, 0.6) is 0 Å². The van der Waals surface area contributed by atoms with E-state index >= 15 is 0 Å². The Balaban J connectivity index is 1.98. The van der Waals surface area contributed by atoms with E-state index in [9.17, 15) is 5.11 Å². The van der Waals surface area contributed by atoms with Crippen molar-refractivity contribution in [2.45, 2.75) is 58.2 Å². The molecule has 1 unspecified atom stereocenters. The van der Waals surface area contributed by atoms with Gasteiger partial charge in [-0.1, -0.05) is 11.6 Å². The molecule has 0 saturated heterocycles. The third-order valence-electron chi connectivity index (χ3n) is 3.65. The van der Waals surface area contributed by atoms with Crippen LogP contribution in [0.1, 0.15) is 37.6 Å². The molecular weight excluding hydrogens is 250 g/mol. The number of aliphatic hydroxyl groups is 1. The van der Waals surface area contributed by atoms with Crippen LogP contribution < -0.4 is 5.32 Å². The van der Waals surface area contributed by atoms with Gasteiger partial charge in [0.15, 0.2) is 0 Å². The lowest BCUT2D eigenvalue weighted by atomic mass is 9.99. The summed E-state index contributed by atoms with van der Waals surface area (Å²) in [6.07, 6.45) is 3.29. The zero-order valence-electron chi connectivity index (χ0n) is 11.3. The van der Waals surface area contributed by atoms with Crippen LogP contribution in [0.25, 0.3) is 0 Å². The predicted molar refractivity (Wildman–Crippen MR) is 73.0 cm³/mol. The summed E-state index contributed by atoms with van der Waals surface area (Å²) >= 11 is 6.13. The molecule has 1 heterocycles. The minimum absolute atomic E-state index is 0.149. The maximum atomic E-state index is 9.55. The van der Waals surface area contributed by atoms with Crippen LogP contribution in [0.3, 0.4) is 0 Å². The number of hydrogen-bond acceptors (Lipinski definition) is 3. The fourth-order valence-electron chi connectivity index (χ4n) is 2.16. The van der Waals surface area contributed by atoms with Crippen LogP contribution in [0.15, 0.2) is 0 Å². The van der Waals surface area contributed by atoms with Gasteiger partial charge in [-0.05, 0) is 40.0 Å². The van der Waals surface area contributed by atoms with Crippen LogP contribution >= 0.6 is 11.6 Å². The van der Waals surface area contributed by atoms with Gasteiger partial charge < -0.3 is 10.4 Å². The molecular formula is C13H22ClN3O. The summed E-state index contributed by atoms with van der Waals surface area (Å²) in [5.74, 6) is 0. The molecule has 1 fully saturated rings. The highest BCUT2D eigenvalue weighted by molar-refractivity contribution is 6.31. The summed E-state index contributed by atoms with van der Waals surface area (Å²) in [4.78, 5) is 0. The lowest BCUT2D eigenvalue weighted by Crippen LogP contribution is -2.47. The molecule has 1 saturated carbocycles. The number of nitrogens with zero attached hydrogens (tertiary/aromatic N) is 2. The summed E-state index contributed by atoms with van der Waals surface area (Å²) < 4.78 is 1.93. The first-order valence-electron chi connectivity index (χ1n) is 6.53. The molecule has 0 amide bonds. The Morgan fingerprint density at radius 3 is 2.61 bits per heavy atom. The second kappa shape index (κ2) is 5.19. The third kappa shape index (κ3) is 3.05. The molecule has 0 aromatic carbocycles. The maximum Gasteiger partial charge on any atom is 0.0844 e. The van der Waals surface area contributed by atoms with E-state index in [0.29, 0.717) is 6.04 Å². The Hall–Kier alpha value is -0.580. The first-order valence-corrected chi connectivity index (χ1v) is 6.91. The summed E-state index contributed by atoms with van der Waals surface area (Å²) in [5.41, 5.74) is 1.65. The molecule has 1 aromatic heterocycles. The lowest BCUT2D eigenvalue weighted by molar-refractivity contribution is 0.157. The first-order chi connectivity index (χ1) is 8.45. The van der Waals surface area contributed by atoms with E-state index in [1.807, 2.05) is 18.5 Å². The molecule has 5 heteroatoms. The van der Waals surface area contributed by atoms with Gasteiger partial charge in [0.05, 0.1) is 23.0 Å². The normalized spacial score (nSPS) is 18.9. The molecule has 0 aliphatic heterocycles. The molecule has 2 N–H and O–H groups in total. The van der Waals surface area contributed by atoms with Gasteiger partial charge in [0, 0.05) is 18.1 Å². The van der Waals surface area contributed by atoms with Gasteiger partial charge in [-0.25, -0.2) is 0 Å². The van der Waals surface area contributed by atoms with Gasteiger partial charge >= 0.3 is 0 Å². The monoisotopic (exact) mass is 271 g/mol. The van der Waals surface area contributed by atoms with Gasteiger partial charge in [0.1, 0.15) is 0 Å². The van der Waals surface area contributed by atoms with Crippen LogP contribution in [0, 0.1) is 13.8 Å². The Bertz CT molecular complexity index is 428. The Morgan fingerprint density at radius 1 is 1.50 bits per heavy atom. The van der Waals surface area contributed by atoms with E-state index in [1.54, 1.807) is 0 Å². The van der Waals surface area contributed by atoms with Crippen molar-refractivity contribution in [3.63, 3.8) is 0 Å². The van der Waals surface area contributed by atoms with Crippen molar-refractivity contribution in [3.05, 3.63) is 16.4 Å². The molecule has 0 radical (unpaired) electrons. The average molecular weight is 272 g/mol. The predicted octanol–water partition coefficient (Wildman–Crippen LogP) is 2.05. The van der Waals surface area contributed by atoms with E-state index in [1.165, 1.54) is 12.8 Å². The SMILES string of the molecule is Cc1nn(CCC(C)(CO)NC2CC2)c(C)c1Cl. The first kappa shape index (κ1) is 13.8. The van der Waals surface area contributed by atoms with Gasteiger partial charge in [0.25, 0.3) is 0 Å². The molecule has 1 atom stereocenters. The highest BCUT2D eigenvalue weighted by Gasteiger charge is 2.31. The van der Waals surface area contributed by atoms with Crippen molar-refractivity contribution in [2.75, 3.05) is 6.61 Å². The number of halogens is 1. The maximum absolute atomic E-state index is 9.55. The quantitative estimate of drug-likeness (QED) is 0.833. The van der Waals surface area contributed by atoms with Crippen LogP contribution in [0.4, 0.5) is 0 Å². The smallest absolute Gasteiger partial charge is 0.0844 e. The van der Waals surface area contributed by atoms with Gasteiger partial charge in [-0.3, -0.25) is 4.68 Å². The van der Waals surface area contributed by atoms with Crippen LogP contribution in [0.2, 0.25) is 5.02 Å². The second-order valence-corrected chi connectivity index (χ2v) is 5.97. The highest BCUT2D eigenvalue weighted by Crippen LogP contribution is 2.25. The number of aliphatic hydroxyl groups excluding tert-OH is 1. The molecule has 18 heavy (non-hydrogen) atoms. The summed E-state index contributed by atoms with van der Waals surface area (Å²) in [5, 5.41) is 18.2. The summed E-state index contributed by atoms with van der Waals surface area (Å²) in [6, 6.07) is 0.589. The molecule has 2 rings (SSSR count). The van der Waals surface area contributed by atoms with Gasteiger partial charge in [-0.2, -0.15) is 5.10 Å². The summed E-state index contributed by atoms with van der Waals surface area (Å²) in [7, 11) is 0. The van der Waals surface area contributed by atoms with Crippen molar-refractivity contribution in [1.29, 1.82) is 0 Å². The number of nitrogens with one attached hydrogen (secondary N) is 1. The van der Waals surface area contributed by atoms with E-state index in [0.717, 1.165) is 29.4 Å². The summed E-state index contributed by atoms with van der Waals surface area (Å²) in [6.45, 7) is 6.89. The Labute approximate surface area is 113 Å².